The fraction of sp³-hybridized carbons (Fsp3) is 0.158. The minimum absolute atomic E-state index is 0.174. The predicted octanol–water partition coefficient (Wildman–Crippen LogP) is 3.59. The molecule has 136 valence electrons. The molecule has 2 heterocycles. The molecule has 2 aromatic heterocycles. The average molecular weight is 378 g/mol. The first kappa shape index (κ1) is 17.3. The SMILES string of the molecule is CCn1nnc2cc(C(=O)Nc3ccc(Sc4nccn4C)cc3)ccc21. The number of imidazole rings is 1. The smallest absolute Gasteiger partial charge is 0.255 e. The van der Waals surface area contributed by atoms with Crippen LogP contribution >= 0.6 is 11.8 Å². The van der Waals surface area contributed by atoms with Crippen molar-refractivity contribution >= 4 is 34.4 Å². The highest BCUT2D eigenvalue weighted by molar-refractivity contribution is 7.99. The molecule has 0 unspecified atom stereocenters. The number of hydrogen-bond acceptors (Lipinski definition) is 5. The summed E-state index contributed by atoms with van der Waals surface area (Å²) in [5.74, 6) is -0.174. The Bertz CT molecular complexity index is 1100. The Balaban J connectivity index is 1.47. The normalized spacial score (nSPS) is 11.0. The number of nitrogens with zero attached hydrogens (tertiary/aromatic N) is 5. The van der Waals surface area contributed by atoms with Gasteiger partial charge in [0.1, 0.15) is 5.52 Å². The molecule has 27 heavy (non-hydrogen) atoms. The second-order valence-corrected chi connectivity index (χ2v) is 7.05. The van der Waals surface area contributed by atoms with Gasteiger partial charge in [-0.2, -0.15) is 0 Å². The zero-order valence-corrected chi connectivity index (χ0v) is 15.8. The lowest BCUT2D eigenvalue weighted by molar-refractivity contribution is 0.102. The molecule has 0 aliphatic heterocycles. The molecule has 4 rings (SSSR count). The molecule has 0 fully saturated rings. The lowest BCUT2D eigenvalue weighted by Crippen LogP contribution is -2.11. The summed E-state index contributed by atoms with van der Waals surface area (Å²) in [6.45, 7) is 2.75. The van der Waals surface area contributed by atoms with Crippen LogP contribution in [0.2, 0.25) is 0 Å². The Morgan fingerprint density at radius 3 is 2.70 bits per heavy atom. The first-order valence-corrected chi connectivity index (χ1v) is 9.35. The average Bonchev–Trinajstić information content (AvgIpc) is 3.28. The van der Waals surface area contributed by atoms with Crippen LogP contribution in [0.3, 0.4) is 0 Å². The predicted molar refractivity (Wildman–Crippen MR) is 105 cm³/mol. The summed E-state index contributed by atoms with van der Waals surface area (Å²) < 4.78 is 3.76. The van der Waals surface area contributed by atoms with Crippen LogP contribution in [0.15, 0.2) is 64.9 Å². The Labute approximate surface area is 160 Å². The van der Waals surface area contributed by atoms with E-state index in [1.54, 1.807) is 34.8 Å². The van der Waals surface area contributed by atoms with Crippen LogP contribution in [-0.4, -0.2) is 30.5 Å². The van der Waals surface area contributed by atoms with Crippen molar-refractivity contribution in [1.82, 2.24) is 24.5 Å². The minimum atomic E-state index is -0.174. The molecule has 7 nitrogen and oxygen atoms in total. The quantitative estimate of drug-likeness (QED) is 0.574. The molecule has 0 saturated heterocycles. The van der Waals surface area contributed by atoms with Gasteiger partial charge in [-0.1, -0.05) is 17.0 Å². The molecular weight excluding hydrogens is 360 g/mol. The zero-order chi connectivity index (χ0) is 18.8. The van der Waals surface area contributed by atoms with Crippen LogP contribution in [0.1, 0.15) is 17.3 Å². The van der Waals surface area contributed by atoms with Crippen molar-refractivity contribution in [3.05, 3.63) is 60.4 Å². The summed E-state index contributed by atoms with van der Waals surface area (Å²) in [7, 11) is 1.96. The first-order chi connectivity index (χ1) is 13.1. The zero-order valence-electron chi connectivity index (χ0n) is 15.0. The van der Waals surface area contributed by atoms with E-state index in [0.717, 1.165) is 27.8 Å². The van der Waals surface area contributed by atoms with Crippen molar-refractivity contribution in [1.29, 1.82) is 0 Å². The number of rotatable bonds is 5. The second kappa shape index (κ2) is 7.24. The van der Waals surface area contributed by atoms with Gasteiger partial charge in [0.05, 0.1) is 5.52 Å². The largest absolute Gasteiger partial charge is 0.329 e. The second-order valence-electron chi connectivity index (χ2n) is 6.01. The summed E-state index contributed by atoms with van der Waals surface area (Å²) >= 11 is 1.57. The highest BCUT2D eigenvalue weighted by Gasteiger charge is 2.10. The van der Waals surface area contributed by atoms with Crippen LogP contribution in [-0.2, 0) is 13.6 Å². The molecule has 0 saturated carbocycles. The van der Waals surface area contributed by atoms with Gasteiger partial charge in [-0.15, -0.1) is 5.10 Å². The molecule has 0 spiro atoms. The van der Waals surface area contributed by atoms with Gasteiger partial charge in [0.2, 0.25) is 0 Å². The van der Waals surface area contributed by atoms with Crippen LogP contribution in [0.25, 0.3) is 11.0 Å². The van der Waals surface area contributed by atoms with E-state index in [4.69, 9.17) is 0 Å². The first-order valence-electron chi connectivity index (χ1n) is 8.54. The lowest BCUT2D eigenvalue weighted by Gasteiger charge is -2.07. The number of amides is 1. The van der Waals surface area contributed by atoms with Gasteiger partial charge < -0.3 is 9.88 Å². The van der Waals surface area contributed by atoms with E-state index in [0.29, 0.717) is 11.1 Å². The van der Waals surface area contributed by atoms with E-state index >= 15 is 0 Å². The van der Waals surface area contributed by atoms with E-state index in [9.17, 15) is 4.79 Å². The Morgan fingerprint density at radius 2 is 2.00 bits per heavy atom. The highest BCUT2D eigenvalue weighted by Crippen LogP contribution is 2.27. The number of aryl methyl sites for hydroxylation is 2. The van der Waals surface area contributed by atoms with Crippen molar-refractivity contribution in [3.63, 3.8) is 0 Å². The topological polar surface area (TPSA) is 77.6 Å². The van der Waals surface area contributed by atoms with Crippen molar-refractivity contribution in [2.45, 2.75) is 23.5 Å². The number of carbonyl (C=O) groups excluding carboxylic acids is 1. The molecule has 2 aromatic carbocycles. The van der Waals surface area contributed by atoms with E-state index < -0.39 is 0 Å². The molecule has 0 aliphatic carbocycles. The number of anilines is 1. The van der Waals surface area contributed by atoms with Crippen LogP contribution in [0, 0.1) is 0 Å². The lowest BCUT2D eigenvalue weighted by atomic mass is 10.2. The molecular formula is C19H18N6OS. The maximum absolute atomic E-state index is 12.5. The van der Waals surface area contributed by atoms with Crippen LogP contribution in [0.4, 0.5) is 5.69 Å². The molecule has 0 atom stereocenters. The monoisotopic (exact) mass is 378 g/mol. The number of aromatic nitrogens is 5. The van der Waals surface area contributed by atoms with Crippen LogP contribution < -0.4 is 5.32 Å². The summed E-state index contributed by atoms with van der Waals surface area (Å²) in [6.07, 6.45) is 3.68. The summed E-state index contributed by atoms with van der Waals surface area (Å²) in [6, 6.07) is 13.1. The Hall–Kier alpha value is -3.13. The standard InChI is InChI=1S/C19H18N6OS/c1-3-25-17-9-4-13(12-16(17)22-23-25)18(26)21-14-5-7-15(8-6-14)27-19-20-10-11-24(19)2/h4-12H,3H2,1-2H3,(H,21,26). The number of fused-ring (bicyclic) bond motifs is 1. The molecule has 4 aromatic rings. The van der Waals surface area contributed by atoms with Gasteiger partial charge in [0.15, 0.2) is 5.16 Å². The number of hydrogen-bond donors (Lipinski definition) is 1. The third-order valence-electron chi connectivity index (χ3n) is 4.17. The van der Waals surface area contributed by atoms with Gasteiger partial charge in [-0.05, 0) is 49.4 Å². The van der Waals surface area contributed by atoms with E-state index in [-0.39, 0.29) is 5.91 Å². The minimum Gasteiger partial charge on any atom is -0.329 e. The van der Waals surface area contributed by atoms with Gasteiger partial charge in [0, 0.05) is 42.1 Å². The number of carbonyl (C=O) groups is 1. The molecule has 8 heteroatoms. The molecule has 0 aliphatic rings. The van der Waals surface area contributed by atoms with Gasteiger partial charge in [-0.25, -0.2) is 9.67 Å². The fourth-order valence-corrected chi connectivity index (χ4v) is 3.51. The van der Waals surface area contributed by atoms with Gasteiger partial charge in [0.25, 0.3) is 5.91 Å². The fourth-order valence-electron chi connectivity index (χ4n) is 2.71. The van der Waals surface area contributed by atoms with Crippen LogP contribution in [0.5, 0.6) is 0 Å². The van der Waals surface area contributed by atoms with Gasteiger partial charge >= 0.3 is 0 Å². The van der Waals surface area contributed by atoms with E-state index in [2.05, 4.69) is 20.6 Å². The summed E-state index contributed by atoms with van der Waals surface area (Å²) in [4.78, 5) is 17.9. The maximum Gasteiger partial charge on any atom is 0.255 e. The number of benzene rings is 2. The third-order valence-corrected chi connectivity index (χ3v) is 5.26. The molecule has 1 N–H and O–H groups in total. The molecule has 1 amide bonds. The summed E-state index contributed by atoms with van der Waals surface area (Å²) in [5.41, 5.74) is 2.93. The Morgan fingerprint density at radius 1 is 1.19 bits per heavy atom. The van der Waals surface area contributed by atoms with Crippen molar-refractivity contribution in [3.8, 4) is 0 Å². The van der Waals surface area contributed by atoms with Gasteiger partial charge in [-0.3, -0.25) is 4.79 Å². The van der Waals surface area contributed by atoms with E-state index in [1.807, 2.05) is 55.1 Å². The number of nitrogens with one attached hydrogen (secondary N) is 1. The molecule has 0 bridgehead atoms. The Kier molecular flexibility index (Phi) is 4.64. The van der Waals surface area contributed by atoms with E-state index in [1.165, 1.54) is 0 Å². The molecule has 0 radical (unpaired) electrons. The highest BCUT2D eigenvalue weighted by atomic mass is 32.2. The van der Waals surface area contributed by atoms with Crippen molar-refractivity contribution in [2.75, 3.05) is 5.32 Å². The van der Waals surface area contributed by atoms with Crippen molar-refractivity contribution < 1.29 is 4.79 Å². The third kappa shape index (κ3) is 3.56. The maximum atomic E-state index is 12.5. The van der Waals surface area contributed by atoms with Crippen molar-refractivity contribution in [2.24, 2.45) is 7.05 Å². The summed E-state index contributed by atoms with van der Waals surface area (Å²) in [5, 5.41) is 12.0.